The molecule has 0 aliphatic rings. The molecule has 0 radical (unpaired) electrons. The lowest BCUT2D eigenvalue weighted by atomic mass is 9.98. The van der Waals surface area contributed by atoms with Crippen molar-refractivity contribution in [2.45, 2.75) is 33.2 Å². The molecular formula is C22H23N7S. The van der Waals surface area contributed by atoms with E-state index in [1.54, 1.807) is 5.37 Å². The van der Waals surface area contributed by atoms with Crippen molar-refractivity contribution in [2.75, 3.05) is 0 Å². The van der Waals surface area contributed by atoms with Gasteiger partial charge in [0.05, 0.1) is 0 Å². The molecule has 8 heteroatoms. The Morgan fingerprint density at radius 2 is 1.83 bits per heavy atom. The van der Waals surface area contributed by atoms with E-state index in [0.717, 1.165) is 41.3 Å². The van der Waals surface area contributed by atoms with E-state index < -0.39 is 0 Å². The predicted octanol–water partition coefficient (Wildman–Crippen LogP) is 3.91. The summed E-state index contributed by atoms with van der Waals surface area (Å²) in [4.78, 5) is 4.70. The average Bonchev–Trinajstić information content (AvgIpc) is 3.39. The van der Waals surface area contributed by atoms with Gasteiger partial charge in [-0.2, -0.15) is 5.10 Å². The van der Waals surface area contributed by atoms with Gasteiger partial charge in [0, 0.05) is 24.9 Å². The molecule has 0 aliphatic carbocycles. The summed E-state index contributed by atoms with van der Waals surface area (Å²) in [5.74, 6) is 2.90. The van der Waals surface area contributed by atoms with Crippen LogP contribution in [0.4, 0.5) is 0 Å². The number of tetrazole rings is 1. The van der Waals surface area contributed by atoms with Gasteiger partial charge in [-0.1, -0.05) is 74.6 Å². The molecule has 0 atom stereocenters. The van der Waals surface area contributed by atoms with Crippen LogP contribution in [0.1, 0.15) is 31.1 Å². The van der Waals surface area contributed by atoms with Gasteiger partial charge in [-0.3, -0.25) is 0 Å². The summed E-state index contributed by atoms with van der Waals surface area (Å²) < 4.78 is 2.01. The monoisotopic (exact) mass is 417 g/mol. The number of nitrogens with zero attached hydrogens (tertiary/aromatic N) is 6. The van der Waals surface area contributed by atoms with Gasteiger partial charge >= 0.3 is 0 Å². The molecule has 0 amide bonds. The summed E-state index contributed by atoms with van der Waals surface area (Å²) in [5.41, 5.74) is 4.34. The van der Waals surface area contributed by atoms with Gasteiger partial charge in [0.1, 0.15) is 5.82 Å². The van der Waals surface area contributed by atoms with Gasteiger partial charge in [0.15, 0.2) is 11.6 Å². The van der Waals surface area contributed by atoms with Crippen LogP contribution in [0.5, 0.6) is 0 Å². The van der Waals surface area contributed by atoms with Gasteiger partial charge in [-0.25, -0.2) is 14.8 Å². The fraction of sp³-hybridized carbons (Fsp3) is 0.273. The molecule has 2 aromatic heterocycles. The molecule has 4 aromatic rings. The minimum absolute atomic E-state index is 0.496. The molecule has 0 spiro atoms. The molecule has 2 heterocycles. The van der Waals surface area contributed by atoms with E-state index in [1.807, 2.05) is 22.9 Å². The normalized spacial score (nSPS) is 11.2. The van der Waals surface area contributed by atoms with E-state index in [0.29, 0.717) is 18.2 Å². The number of nitrogens with one attached hydrogen (secondary N) is 1. The molecule has 0 saturated heterocycles. The molecule has 0 fully saturated rings. The van der Waals surface area contributed by atoms with Crippen molar-refractivity contribution in [3.8, 4) is 22.5 Å². The van der Waals surface area contributed by atoms with E-state index in [1.165, 1.54) is 5.56 Å². The van der Waals surface area contributed by atoms with Crippen LogP contribution < -0.4 is 0 Å². The van der Waals surface area contributed by atoms with Gasteiger partial charge in [-0.05, 0) is 38.4 Å². The van der Waals surface area contributed by atoms with E-state index >= 15 is 0 Å². The summed E-state index contributed by atoms with van der Waals surface area (Å²) in [7, 11) is 0. The summed E-state index contributed by atoms with van der Waals surface area (Å²) in [6.45, 7) is 5.21. The molecular weight excluding hydrogens is 394 g/mol. The highest BCUT2D eigenvalue weighted by Gasteiger charge is 2.13. The minimum Gasteiger partial charge on any atom is -0.249 e. The van der Waals surface area contributed by atoms with Crippen molar-refractivity contribution < 1.29 is 0 Å². The quantitative estimate of drug-likeness (QED) is 0.438. The maximum atomic E-state index is 4.98. The first-order valence-electron chi connectivity index (χ1n) is 9.92. The molecule has 4 rings (SSSR count). The number of H-pyrrole nitrogens is 1. The number of aromatic nitrogens is 7. The van der Waals surface area contributed by atoms with E-state index in [2.05, 4.69) is 69.9 Å². The number of hydrogen-bond donors (Lipinski definition) is 1. The lowest BCUT2D eigenvalue weighted by Gasteiger charge is -2.10. The third-order valence-electron chi connectivity index (χ3n) is 4.75. The molecule has 152 valence electrons. The lowest BCUT2D eigenvalue weighted by molar-refractivity contribution is 0.467. The Labute approximate surface area is 180 Å². The Kier molecular flexibility index (Phi) is 6.04. The van der Waals surface area contributed by atoms with E-state index in [-0.39, 0.29) is 0 Å². The fourth-order valence-electron chi connectivity index (χ4n) is 3.41. The molecule has 2 aromatic carbocycles. The van der Waals surface area contributed by atoms with Crippen LogP contribution in [0.15, 0.2) is 48.5 Å². The van der Waals surface area contributed by atoms with Gasteiger partial charge in [0.2, 0.25) is 0 Å². The molecule has 30 heavy (non-hydrogen) atoms. The third-order valence-corrected chi connectivity index (χ3v) is 4.92. The maximum Gasteiger partial charge on any atom is 0.180 e. The highest BCUT2D eigenvalue weighted by molar-refractivity contribution is 7.78. The highest BCUT2D eigenvalue weighted by atomic mass is 32.1. The molecule has 0 unspecified atom stereocenters. The largest absolute Gasteiger partial charge is 0.249 e. The summed E-state index contributed by atoms with van der Waals surface area (Å²) >= 11 is 4.98. The Balaban J connectivity index is 1.59. The van der Waals surface area contributed by atoms with Crippen LogP contribution in [0, 0.1) is 5.92 Å². The van der Waals surface area contributed by atoms with Crippen LogP contribution in [-0.4, -0.2) is 40.8 Å². The third kappa shape index (κ3) is 4.49. The standard InChI is InChI=1S/C22H23N7S/c1-15(2)14-29-21(23-20(26-29)11-12-30)13-16-7-9-17(10-8-16)18-5-3-4-6-19(18)22-24-27-28-25-22/h3-10,12,15H,11,13-14H2,1-2H3,(H,24,25,27,28). The summed E-state index contributed by atoms with van der Waals surface area (Å²) in [6.07, 6.45) is 1.34. The smallest absolute Gasteiger partial charge is 0.180 e. The van der Waals surface area contributed by atoms with Crippen LogP contribution >= 0.6 is 12.2 Å². The molecule has 1 N–H and O–H groups in total. The molecule has 0 bridgehead atoms. The SMILES string of the molecule is CC(C)Cn1nc(CC=S)nc1Cc1ccc(-c2ccccc2-c2nnn[nH]2)cc1. The van der Waals surface area contributed by atoms with Crippen LogP contribution in [-0.2, 0) is 19.4 Å². The number of aromatic amines is 1. The number of hydrogen-bond acceptors (Lipinski definition) is 6. The Bertz CT molecular complexity index is 1110. The van der Waals surface area contributed by atoms with Crippen molar-refractivity contribution in [3.63, 3.8) is 0 Å². The Hall–Kier alpha value is -3.26. The van der Waals surface area contributed by atoms with Crippen LogP contribution in [0.25, 0.3) is 22.5 Å². The first-order valence-corrected chi connectivity index (χ1v) is 10.4. The van der Waals surface area contributed by atoms with E-state index in [4.69, 9.17) is 17.2 Å². The van der Waals surface area contributed by atoms with Crippen molar-refractivity contribution in [1.82, 2.24) is 35.4 Å². The average molecular weight is 418 g/mol. The second kappa shape index (κ2) is 9.04. The van der Waals surface area contributed by atoms with Crippen molar-refractivity contribution in [2.24, 2.45) is 5.92 Å². The van der Waals surface area contributed by atoms with Crippen LogP contribution in [0.2, 0.25) is 0 Å². The van der Waals surface area contributed by atoms with Crippen molar-refractivity contribution in [1.29, 1.82) is 0 Å². The van der Waals surface area contributed by atoms with Crippen molar-refractivity contribution in [3.05, 3.63) is 65.7 Å². The first kappa shape index (κ1) is 20.0. The number of benzene rings is 2. The Morgan fingerprint density at radius 3 is 2.50 bits per heavy atom. The highest BCUT2D eigenvalue weighted by Crippen LogP contribution is 2.29. The van der Waals surface area contributed by atoms with Gasteiger partial charge < -0.3 is 0 Å². The first-order chi connectivity index (χ1) is 14.6. The van der Waals surface area contributed by atoms with Gasteiger partial charge in [0.25, 0.3) is 0 Å². The second-order valence-corrected chi connectivity index (χ2v) is 7.89. The summed E-state index contributed by atoms with van der Waals surface area (Å²) in [6, 6.07) is 16.6. The topological polar surface area (TPSA) is 85.2 Å². The number of thiocarbonyl (C=S) groups is 1. The van der Waals surface area contributed by atoms with E-state index in [9.17, 15) is 0 Å². The molecule has 0 aliphatic heterocycles. The summed E-state index contributed by atoms with van der Waals surface area (Å²) in [5, 5.41) is 20.6. The number of rotatable bonds is 8. The second-order valence-electron chi connectivity index (χ2n) is 7.56. The Morgan fingerprint density at radius 1 is 1.07 bits per heavy atom. The fourth-order valence-corrected chi connectivity index (χ4v) is 3.56. The predicted molar refractivity (Wildman–Crippen MR) is 120 cm³/mol. The zero-order valence-corrected chi connectivity index (χ0v) is 17.8. The molecule has 7 nitrogen and oxygen atoms in total. The zero-order valence-electron chi connectivity index (χ0n) is 17.0. The molecule has 0 saturated carbocycles. The van der Waals surface area contributed by atoms with Crippen LogP contribution in [0.3, 0.4) is 0 Å². The minimum atomic E-state index is 0.496. The van der Waals surface area contributed by atoms with Gasteiger partial charge in [-0.15, -0.1) is 5.10 Å². The zero-order chi connectivity index (χ0) is 20.9. The lowest BCUT2D eigenvalue weighted by Crippen LogP contribution is -2.10. The van der Waals surface area contributed by atoms with Crippen molar-refractivity contribution >= 4 is 17.6 Å². The maximum absolute atomic E-state index is 4.98.